The number of rotatable bonds is 7. The fourth-order valence-corrected chi connectivity index (χ4v) is 3.43. The van der Waals surface area contributed by atoms with Crippen molar-refractivity contribution in [2.45, 2.75) is 38.4 Å². The monoisotopic (exact) mass is 541 g/mol. The van der Waals surface area contributed by atoms with Gasteiger partial charge in [0.25, 0.3) is 0 Å². The summed E-state index contributed by atoms with van der Waals surface area (Å²) in [6.45, 7) is 9.18. The second kappa shape index (κ2) is 12.7. The Morgan fingerprint density at radius 1 is 1.23 bits per heavy atom. The predicted molar refractivity (Wildman–Crippen MR) is 128 cm³/mol. The lowest BCUT2D eigenvalue weighted by molar-refractivity contribution is -0.137. The number of alkyl halides is 3. The van der Waals surface area contributed by atoms with Crippen LogP contribution in [0.2, 0.25) is 0 Å². The molecule has 0 aliphatic carbocycles. The van der Waals surface area contributed by atoms with Crippen LogP contribution in [0.3, 0.4) is 0 Å². The van der Waals surface area contributed by atoms with Gasteiger partial charge in [0.05, 0.1) is 12.1 Å². The maximum atomic E-state index is 12.9. The van der Waals surface area contributed by atoms with Crippen LogP contribution < -0.4 is 10.6 Å². The van der Waals surface area contributed by atoms with Crippen molar-refractivity contribution >= 4 is 29.9 Å². The highest BCUT2D eigenvalue weighted by atomic mass is 127. The topological polar surface area (TPSA) is 42.9 Å². The normalized spacial score (nSPS) is 19.8. The molecule has 2 rings (SSSR count). The minimum atomic E-state index is -4.31. The number of guanidine groups is 1. The molecule has 2 unspecified atom stereocenters. The number of likely N-dealkylation sites (N-methyl/N-ethyl adjacent to an activating group) is 2. The van der Waals surface area contributed by atoms with E-state index in [4.69, 9.17) is 4.99 Å². The molecule has 0 bridgehead atoms. The minimum Gasteiger partial charge on any atom is -0.357 e. The van der Waals surface area contributed by atoms with E-state index in [1.54, 1.807) is 6.07 Å². The molecule has 1 heterocycles. The third-order valence-corrected chi connectivity index (χ3v) is 5.44. The van der Waals surface area contributed by atoms with Crippen molar-refractivity contribution in [3.05, 3.63) is 35.4 Å². The molecule has 0 saturated carbocycles. The largest absolute Gasteiger partial charge is 0.416 e. The van der Waals surface area contributed by atoms with Gasteiger partial charge in [0.2, 0.25) is 0 Å². The van der Waals surface area contributed by atoms with Gasteiger partial charge in [-0.1, -0.05) is 25.1 Å². The lowest BCUT2D eigenvalue weighted by Gasteiger charge is -2.36. The molecule has 0 radical (unpaired) electrons. The van der Waals surface area contributed by atoms with Crippen molar-refractivity contribution in [1.82, 2.24) is 20.4 Å². The Hall–Kier alpha value is -1.07. The predicted octanol–water partition coefficient (Wildman–Crippen LogP) is 3.62. The van der Waals surface area contributed by atoms with Gasteiger partial charge in [0, 0.05) is 38.8 Å². The van der Waals surface area contributed by atoms with Gasteiger partial charge in [-0.25, -0.2) is 0 Å². The van der Waals surface area contributed by atoms with Crippen molar-refractivity contribution in [2.24, 2.45) is 4.99 Å². The number of piperazine rings is 1. The molecule has 2 N–H and O–H groups in total. The molecule has 5 nitrogen and oxygen atoms in total. The lowest BCUT2D eigenvalue weighted by atomic mass is 9.96. The van der Waals surface area contributed by atoms with E-state index in [1.165, 1.54) is 12.1 Å². The molecule has 0 spiro atoms. The summed E-state index contributed by atoms with van der Waals surface area (Å²) in [5.41, 5.74) is 0.113. The Morgan fingerprint density at radius 3 is 2.63 bits per heavy atom. The Morgan fingerprint density at radius 2 is 1.97 bits per heavy atom. The highest BCUT2D eigenvalue weighted by Gasteiger charge is 2.30. The number of aliphatic imine (C=N–C) groups is 1. The third-order valence-electron chi connectivity index (χ3n) is 5.44. The van der Waals surface area contributed by atoms with Crippen LogP contribution in [0.4, 0.5) is 13.2 Å². The van der Waals surface area contributed by atoms with Crippen LogP contribution in [0.25, 0.3) is 0 Å². The molecule has 1 aromatic rings. The number of hydrogen-bond acceptors (Lipinski definition) is 3. The molecule has 1 aromatic carbocycles. The van der Waals surface area contributed by atoms with E-state index >= 15 is 0 Å². The Bertz CT molecular complexity index is 668. The first-order valence-corrected chi connectivity index (χ1v) is 10.3. The lowest BCUT2D eigenvalue weighted by Crippen LogP contribution is -2.51. The summed E-state index contributed by atoms with van der Waals surface area (Å²) in [7, 11) is 4.26. The molecular weight excluding hydrogens is 506 g/mol. The number of benzene rings is 1. The summed E-state index contributed by atoms with van der Waals surface area (Å²) in [4.78, 5) is 9.37. The Labute approximate surface area is 195 Å². The average Bonchev–Trinajstić information content (AvgIpc) is 2.67. The third kappa shape index (κ3) is 8.58. The van der Waals surface area contributed by atoms with Gasteiger partial charge in [-0.05, 0) is 45.0 Å². The minimum absolute atomic E-state index is 0. The van der Waals surface area contributed by atoms with E-state index in [1.807, 2.05) is 13.8 Å². The van der Waals surface area contributed by atoms with Crippen molar-refractivity contribution in [3.63, 3.8) is 0 Å². The van der Waals surface area contributed by atoms with Crippen LogP contribution in [0.15, 0.2) is 29.3 Å². The van der Waals surface area contributed by atoms with Gasteiger partial charge < -0.3 is 15.5 Å². The number of nitrogens with zero attached hydrogens (tertiary/aromatic N) is 3. The quantitative estimate of drug-likeness (QED) is 0.315. The zero-order chi connectivity index (χ0) is 21.4. The highest BCUT2D eigenvalue weighted by molar-refractivity contribution is 14.0. The second-order valence-corrected chi connectivity index (χ2v) is 7.86. The van der Waals surface area contributed by atoms with Crippen LogP contribution in [0.1, 0.15) is 37.3 Å². The molecule has 9 heteroatoms. The molecule has 1 aliphatic rings. The molecule has 30 heavy (non-hydrogen) atoms. The number of hydrogen-bond donors (Lipinski definition) is 2. The fourth-order valence-electron chi connectivity index (χ4n) is 3.43. The summed E-state index contributed by atoms with van der Waals surface area (Å²) < 4.78 is 38.8. The van der Waals surface area contributed by atoms with Crippen molar-refractivity contribution in [2.75, 3.05) is 53.4 Å². The van der Waals surface area contributed by atoms with Crippen molar-refractivity contribution in [1.29, 1.82) is 0 Å². The van der Waals surface area contributed by atoms with E-state index in [0.29, 0.717) is 24.7 Å². The van der Waals surface area contributed by atoms with E-state index in [-0.39, 0.29) is 29.9 Å². The van der Waals surface area contributed by atoms with Crippen LogP contribution in [0, 0.1) is 0 Å². The molecule has 0 aromatic heterocycles. The Balaban J connectivity index is 0.00000450. The highest BCUT2D eigenvalue weighted by Crippen LogP contribution is 2.31. The van der Waals surface area contributed by atoms with Crippen LogP contribution in [-0.4, -0.2) is 75.2 Å². The molecule has 1 fully saturated rings. The molecular formula is C21H35F3IN5. The van der Waals surface area contributed by atoms with Gasteiger partial charge in [-0.3, -0.25) is 9.89 Å². The maximum absolute atomic E-state index is 12.9. The van der Waals surface area contributed by atoms with Gasteiger partial charge in [0.15, 0.2) is 5.96 Å². The van der Waals surface area contributed by atoms with Crippen molar-refractivity contribution < 1.29 is 13.2 Å². The standard InChI is InChI=1S/C21H34F3N5.HI/c1-5-25-20(27-14-19-15-28(3)11-12-29(19)4)26-10-9-16(2)17-7-6-8-18(13-17)21(22,23)24;/h6-8,13,16,19H,5,9-12,14-15H2,1-4H3,(H2,25,26,27);1H. The SMILES string of the molecule is CCNC(=NCC1CN(C)CCN1C)NCCC(C)c1cccc(C(F)(F)F)c1.I. The summed E-state index contributed by atoms with van der Waals surface area (Å²) in [6, 6.07) is 5.98. The average molecular weight is 541 g/mol. The van der Waals surface area contributed by atoms with Crippen LogP contribution >= 0.6 is 24.0 Å². The second-order valence-electron chi connectivity index (χ2n) is 7.86. The molecule has 0 amide bonds. The summed E-state index contributed by atoms with van der Waals surface area (Å²) in [5, 5.41) is 6.57. The van der Waals surface area contributed by atoms with E-state index in [0.717, 1.165) is 44.6 Å². The van der Waals surface area contributed by atoms with Gasteiger partial charge in [-0.15, -0.1) is 24.0 Å². The fraction of sp³-hybridized carbons (Fsp3) is 0.667. The maximum Gasteiger partial charge on any atom is 0.416 e. The summed E-state index contributed by atoms with van der Waals surface area (Å²) >= 11 is 0. The van der Waals surface area contributed by atoms with E-state index in [2.05, 4.69) is 34.5 Å². The first kappa shape index (κ1) is 27.0. The first-order chi connectivity index (χ1) is 13.7. The zero-order valence-electron chi connectivity index (χ0n) is 18.3. The first-order valence-electron chi connectivity index (χ1n) is 10.3. The summed E-state index contributed by atoms with van der Waals surface area (Å²) in [6.07, 6.45) is -3.59. The van der Waals surface area contributed by atoms with Gasteiger partial charge in [0.1, 0.15) is 0 Å². The molecule has 1 saturated heterocycles. The van der Waals surface area contributed by atoms with Gasteiger partial charge in [-0.2, -0.15) is 13.2 Å². The van der Waals surface area contributed by atoms with E-state index in [9.17, 15) is 13.2 Å². The number of nitrogens with one attached hydrogen (secondary N) is 2. The summed E-state index contributed by atoms with van der Waals surface area (Å²) in [5.74, 6) is 0.774. The molecule has 172 valence electrons. The molecule has 1 aliphatic heterocycles. The molecule has 2 atom stereocenters. The Kier molecular flexibility index (Phi) is 11.4. The van der Waals surface area contributed by atoms with E-state index < -0.39 is 11.7 Å². The zero-order valence-corrected chi connectivity index (χ0v) is 20.6. The van der Waals surface area contributed by atoms with Crippen LogP contribution in [0.5, 0.6) is 0 Å². The smallest absolute Gasteiger partial charge is 0.357 e. The van der Waals surface area contributed by atoms with Crippen LogP contribution in [-0.2, 0) is 6.18 Å². The number of halogens is 4. The van der Waals surface area contributed by atoms with Gasteiger partial charge >= 0.3 is 6.18 Å². The van der Waals surface area contributed by atoms with Crippen molar-refractivity contribution in [3.8, 4) is 0 Å².